The molecule has 0 saturated carbocycles. The standard InChI is InChI=1S/C14H19ClFNS/c15-12-9-13(16)11-14(10-12)18-8-4-7-17-5-2-1-3-6-17/h9-11H,1-8H2. The third-order valence-corrected chi connectivity index (χ3v) is 4.45. The van der Waals surface area contributed by atoms with Gasteiger partial charge in [0, 0.05) is 9.92 Å². The molecule has 0 aromatic heterocycles. The van der Waals surface area contributed by atoms with Gasteiger partial charge in [0.15, 0.2) is 0 Å². The van der Waals surface area contributed by atoms with E-state index in [0.29, 0.717) is 5.02 Å². The Hall–Kier alpha value is -0.250. The van der Waals surface area contributed by atoms with Crippen LogP contribution in [0.4, 0.5) is 4.39 Å². The van der Waals surface area contributed by atoms with Crippen LogP contribution in [0.1, 0.15) is 25.7 Å². The third kappa shape index (κ3) is 4.79. The van der Waals surface area contributed by atoms with Crippen molar-refractivity contribution >= 4 is 23.4 Å². The maximum absolute atomic E-state index is 13.1. The zero-order valence-electron chi connectivity index (χ0n) is 10.5. The zero-order valence-corrected chi connectivity index (χ0v) is 12.1. The van der Waals surface area contributed by atoms with Crippen molar-refractivity contribution in [2.24, 2.45) is 0 Å². The Labute approximate surface area is 118 Å². The molecule has 1 fully saturated rings. The summed E-state index contributed by atoms with van der Waals surface area (Å²) in [7, 11) is 0. The van der Waals surface area contributed by atoms with Crippen LogP contribution in [0.3, 0.4) is 0 Å². The summed E-state index contributed by atoms with van der Waals surface area (Å²) in [5, 5.41) is 0.480. The summed E-state index contributed by atoms with van der Waals surface area (Å²) in [6, 6.07) is 4.73. The van der Waals surface area contributed by atoms with Gasteiger partial charge in [0.05, 0.1) is 0 Å². The average molecular weight is 288 g/mol. The summed E-state index contributed by atoms with van der Waals surface area (Å²) in [4.78, 5) is 3.46. The van der Waals surface area contributed by atoms with Crippen LogP contribution in [0, 0.1) is 5.82 Å². The normalized spacial score (nSPS) is 17.0. The molecule has 0 atom stereocenters. The Morgan fingerprint density at radius 1 is 1.17 bits per heavy atom. The van der Waals surface area contributed by atoms with Gasteiger partial charge in [0.2, 0.25) is 0 Å². The highest BCUT2D eigenvalue weighted by Crippen LogP contribution is 2.24. The smallest absolute Gasteiger partial charge is 0.125 e. The van der Waals surface area contributed by atoms with Crippen LogP contribution < -0.4 is 0 Å². The van der Waals surface area contributed by atoms with Crippen molar-refractivity contribution in [1.29, 1.82) is 0 Å². The summed E-state index contributed by atoms with van der Waals surface area (Å²) >= 11 is 7.51. The summed E-state index contributed by atoms with van der Waals surface area (Å²) in [5.74, 6) is 0.775. The SMILES string of the molecule is Fc1cc(Cl)cc(SCCCN2CCCCC2)c1. The third-order valence-electron chi connectivity index (χ3n) is 3.17. The van der Waals surface area contributed by atoms with Crippen LogP contribution in [-0.4, -0.2) is 30.3 Å². The van der Waals surface area contributed by atoms with Crippen LogP contribution in [-0.2, 0) is 0 Å². The van der Waals surface area contributed by atoms with Crippen LogP contribution in [0.2, 0.25) is 5.02 Å². The molecule has 4 heteroatoms. The molecule has 1 aromatic carbocycles. The van der Waals surface area contributed by atoms with Crippen molar-refractivity contribution in [1.82, 2.24) is 4.90 Å². The largest absolute Gasteiger partial charge is 0.303 e. The first-order chi connectivity index (χ1) is 8.74. The van der Waals surface area contributed by atoms with E-state index in [1.54, 1.807) is 17.8 Å². The maximum Gasteiger partial charge on any atom is 0.125 e. The molecule has 0 spiro atoms. The van der Waals surface area contributed by atoms with Crippen molar-refractivity contribution in [2.45, 2.75) is 30.6 Å². The highest BCUT2D eigenvalue weighted by atomic mass is 35.5. The molecule has 1 saturated heterocycles. The second kappa shape index (κ2) is 7.37. The molecule has 0 bridgehead atoms. The molecule has 0 unspecified atom stereocenters. The van der Waals surface area contributed by atoms with Gasteiger partial charge in [-0.15, -0.1) is 11.8 Å². The van der Waals surface area contributed by atoms with Gasteiger partial charge in [0.1, 0.15) is 5.82 Å². The number of nitrogens with zero attached hydrogens (tertiary/aromatic N) is 1. The Morgan fingerprint density at radius 2 is 1.94 bits per heavy atom. The lowest BCUT2D eigenvalue weighted by atomic mass is 10.1. The topological polar surface area (TPSA) is 3.24 Å². The molecule has 0 aliphatic carbocycles. The lowest BCUT2D eigenvalue weighted by molar-refractivity contribution is 0.230. The minimum atomic E-state index is -0.249. The number of thioether (sulfide) groups is 1. The molecule has 1 aliphatic heterocycles. The van der Waals surface area contributed by atoms with Gasteiger partial charge in [-0.25, -0.2) is 4.39 Å². The maximum atomic E-state index is 13.1. The molecular weight excluding hydrogens is 269 g/mol. The average Bonchev–Trinajstić information content (AvgIpc) is 2.35. The van der Waals surface area contributed by atoms with Crippen molar-refractivity contribution in [3.05, 3.63) is 29.0 Å². The Bertz CT molecular complexity index is 360. The van der Waals surface area contributed by atoms with Gasteiger partial charge < -0.3 is 4.90 Å². The molecule has 1 heterocycles. The lowest BCUT2D eigenvalue weighted by Crippen LogP contribution is -2.30. The molecule has 1 aliphatic rings. The molecule has 2 rings (SSSR count). The van der Waals surface area contributed by atoms with E-state index in [4.69, 9.17) is 11.6 Å². The van der Waals surface area contributed by atoms with Crippen molar-refractivity contribution < 1.29 is 4.39 Å². The van der Waals surface area contributed by atoms with Gasteiger partial charge in [-0.3, -0.25) is 0 Å². The van der Waals surface area contributed by atoms with Crippen LogP contribution in [0.25, 0.3) is 0 Å². The Morgan fingerprint density at radius 3 is 2.67 bits per heavy atom. The lowest BCUT2D eigenvalue weighted by Gasteiger charge is -2.26. The van der Waals surface area contributed by atoms with Crippen molar-refractivity contribution in [3.8, 4) is 0 Å². The molecular formula is C14H19ClFNS. The fourth-order valence-corrected chi connectivity index (χ4v) is 3.47. The first-order valence-electron chi connectivity index (χ1n) is 6.55. The first kappa shape index (κ1) is 14.2. The number of rotatable bonds is 5. The van der Waals surface area contributed by atoms with Gasteiger partial charge in [0.25, 0.3) is 0 Å². The predicted molar refractivity (Wildman–Crippen MR) is 77.0 cm³/mol. The monoisotopic (exact) mass is 287 g/mol. The number of piperidine rings is 1. The van der Waals surface area contributed by atoms with Gasteiger partial charge >= 0.3 is 0 Å². The summed E-state index contributed by atoms with van der Waals surface area (Å²) < 4.78 is 13.1. The second-order valence-electron chi connectivity index (χ2n) is 4.71. The molecule has 1 nitrogen and oxygen atoms in total. The van der Waals surface area contributed by atoms with E-state index in [0.717, 1.165) is 23.6 Å². The van der Waals surface area contributed by atoms with E-state index in [1.165, 1.54) is 38.4 Å². The van der Waals surface area contributed by atoms with Gasteiger partial charge in [-0.05, 0) is 62.8 Å². The van der Waals surface area contributed by atoms with E-state index in [2.05, 4.69) is 4.90 Å². The number of likely N-dealkylation sites (tertiary alicyclic amines) is 1. The quantitative estimate of drug-likeness (QED) is 0.581. The van der Waals surface area contributed by atoms with Crippen LogP contribution >= 0.6 is 23.4 Å². The molecule has 0 N–H and O–H groups in total. The molecule has 0 amide bonds. The summed E-state index contributed by atoms with van der Waals surface area (Å²) in [6.45, 7) is 3.66. The first-order valence-corrected chi connectivity index (χ1v) is 7.92. The van der Waals surface area contributed by atoms with Crippen LogP contribution in [0.15, 0.2) is 23.1 Å². The molecule has 18 heavy (non-hydrogen) atoms. The molecule has 100 valence electrons. The fourth-order valence-electron chi connectivity index (χ4n) is 2.27. The summed E-state index contributed by atoms with van der Waals surface area (Å²) in [5.41, 5.74) is 0. The fraction of sp³-hybridized carbons (Fsp3) is 0.571. The minimum absolute atomic E-state index is 0.249. The highest BCUT2D eigenvalue weighted by Gasteiger charge is 2.09. The number of hydrogen-bond donors (Lipinski definition) is 0. The second-order valence-corrected chi connectivity index (χ2v) is 6.31. The minimum Gasteiger partial charge on any atom is -0.303 e. The number of hydrogen-bond acceptors (Lipinski definition) is 2. The number of halogens is 2. The Kier molecular flexibility index (Phi) is 5.80. The van der Waals surface area contributed by atoms with Crippen molar-refractivity contribution in [3.63, 3.8) is 0 Å². The van der Waals surface area contributed by atoms with E-state index < -0.39 is 0 Å². The van der Waals surface area contributed by atoms with E-state index in [-0.39, 0.29) is 5.82 Å². The highest BCUT2D eigenvalue weighted by molar-refractivity contribution is 7.99. The zero-order chi connectivity index (χ0) is 12.8. The van der Waals surface area contributed by atoms with E-state index in [1.807, 2.05) is 6.07 Å². The van der Waals surface area contributed by atoms with E-state index >= 15 is 0 Å². The number of benzene rings is 1. The van der Waals surface area contributed by atoms with E-state index in [9.17, 15) is 4.39 Å². The van der Waals surface area contributed by atoms with Crippen molar-refractivity contribution in [2.75, 3.05) is 25.4 Å². The molecule has 0 radical (unpaired) electrons. The predicted octanol–water partition coefficient (Wildman–Crippen LogP) is 4.45. The van der Waals surface area contributed by atoms with Crippen LogP contribution in [0.5, 0.6) is 0 Å². The Balaban J connectivity index is 1.68. The molecule has 1 aromatic rings. The summed E-state index contributed by atoms with van der Waals surface area (Å²) in [6.07, 6.45) is 5.21. The van der Waals surface area contributed by atoms with Gasteiger partial charge in [-0.2, -0.15) is 0 Å². The van der Waals surface area contributed by atoms with Gasteiger partial charge in [-0.1, -0.05) is 18.0 Å².